The van der Waals surface area contributed by atoms with Crippen molar-refractivity contribution in [1.29, 1.82) is 0 Å². The van der Waals surface area contributed by atoms with Crippen LogP contribution in [0, 0.1) is 0 Å². The topological polar surface area (TPSA) is 46.3 Å². The summed E-state index contributed by atoms with van der Waals surface area (Å²) in [4.78, 5) is 14.5. The fourth-order valence-corrected chi connectivity index (χ4v) is 3.20. The van der Waals surface area contributed by atoms with Crippen LogP contribution in [-0.4, -0.2) is 23.9 Å². The second-order valence-electron chi connectivity index (χ2n) is 6.19. The van der Waals surface area contributed by atoms with Crippen LogP contribution in [0.25, 0.3) is 0 Å². The molecule has 0 radical (unpaired) electrons. The quantitative estimate of drug-likeness (QED) is 0.925. The summed E-state index contributed by atoms with van der Waals surface area (Å²) in [6.07, 6.45) is -3.93. The molecule has 6 heteroatoms. The summed E-state index contributed by atoms with van der Waals surface area (Å²) in [5.74, 6) is -0.517. The Hall–Kier alpha value is -2.34. The summed E-state index contributed by atoms with van der Waals surface area (Å²) in [5, 5.41) is 0. The van der Waals surface area contributed by atoms with Crippen LogP contribution in [0.15, 0.2) is 48.5 Å². The zero-order chi connectivity index (χ0) is 18.0. The van der Waals surface area contributed by atoms with Crippen molar-refractivity contribution in [3.63, 3.8) is 0 Å². The highest BCUT2D eigenvalue weighted by atomic mass is 19.4. The number of rotatable bonds is 3. The number of benzene rings is 2. The maximum Gasteiger partial charge on any atom is 0.416 e. The molecular weight excluding hydrogens is 329 g/mol. The molecule has 0 spiro atoms. The van der Waals surface area contributed by atoms with E-state index >= 15 is 0 Å². The number of fused-ring (bicyclic) bond motifs is 1. The molecular formula is C19H19F3N2O. The number of hydrogen-bond donors (Lipinski definition) is 1. The molecule has 2 aromatic rings. The van der Waals surface area contributed by atoms with Crippen molar-refractivity contribution in [1.82, 2.24) is 4.90 Å². The standard InChI is InChI=1S/C19H19F3N2O/c20-19(21,22)16-7-6-15-12-24(9-8-14(15)10-16)18(25)17(11-23)13-4-2-1-3-5-13/h1-7,10,17H,8-9,11-12,23H2. The molecule has 0 bridgehead atoms. The largest absolute Gasteiger partial charge is 0.416 e. The maximum atomic E-state index is 12.8. The number of nitrogens with two attached hydrogens (primary N) is 1. The molecule has 1 heterocycles. The number of alkyl halides is 3. The first-order valence-corrected chi connectivity index (χ1v) is 8.13. The molecule has 25 heavy (non-hydrogen) atoms. The molecule has 1 aliphatic heterocycles. The van der Waals surface area contributed by atoms with Gasteiger partial charge in [0.05, 0.1) is 11.5 Å². The van der Waals surface area contributed by atoms with Gasteiger partial charge in [0.15, 0.2) is 0 Å². The Bertz CT molecular complexity index is 759. The summed E-state index contributed by atoms with van der Waals surface area (Å²) in [6.45, 7) is 0.908. The Labute approximate surface area is 144 Å². The second-order valence-corrected chi connectivity index (χ2v) is 6.19. The first kappa shape index (κ1) is 17.5. The van der Waals surface area contributed by atoms with Gasteiger partial charge in [-0.25, -0.2) is 0 Å². The average Bonchev–Trinajstić information content (AvgIpc) is 2.61. The van der Waals surface area contributed by atoms with Gasteiger partial charge in [-0.05, 0) is 35.2 Å². The van der Waals surface area contributed by atoms with Crippen LogP contribution >= 0.6 is 0 Å². The van der Waals surface area contributed by atoms with E-state index in [1.165, 1.54) is 12.1 Å². The van der Waals surface area contributed by atoms with Crippen LogP contribution in [0.2, 0.25) is 0 Å². The lowest BCUT2D eigenvalue weighted by molar-refractivity contribution is -0.138. The van der Waals surface area contributed by atoms with Gasteiger partial charge < -0.3 is 10.6 Å². The maximum absolute atomic E-state index is 12.8. The first-order chi connectivity index (χ1) is 11.9. The molecule has 2 aromatic carbocycles. The van der Waals surface area contributed by atoms with E-state index in [2.05, 4.69) is 0 Å². The number of nitrogens with zero attached hydrogens (tertiary/aromatic N) is 1. The smallest absolute Gasteiger partial charge is 0.337 e. The minimum atomic E-state index is -4.35. The molecule has 2 N–H and O–H groups in total. The molecule has 1 unspecified atom stereocenters. The van der Waals surface area contributed by atoms with Crippen LogP contribution in [0.4, 0.5) is 13.2 Å². The summed E-state index contributed by atoms with van der Waals surface area (Å²) in [6, 6.07) is 13.0. The monoisotopic (exact) mass is 348 g/mol. The molecule has 1 atom stereocenters. The van der Waals surface area contributed by atoms with Crippen molar-refractivity contribution < 1.29 is 18.0 Å². The van der Waals surface area contributed by atoms with E-state index in [9.17, 15) is 18.0 Å². The van der Waals surface area contributed by atoms with Crippen LogP contribution < -0.4 is 5.73 Å². The third-order valence-electron chi connectivity index (χ3n) is 4.59. The van der Waals surface area contributed by atoms with Crippen molar-refractivity contribution in [3.05, 3.63) is 70.8 Å². The van der Waals surface area contributed by atoms with E-state index in [0.29, 0.717) is 25.1 Å². The van der Waals surface area contributed by atoms with Gasteiger partial charge in [-0.2, -0.15) is 13.2 Å². The number of hydrogen-bond acceptors (Lipinski definition) is 2. The van der Waals surface area contributed by atoms with Gasteiger partial charge in [-0.1, -0.05) is 36.4 Å². The van der Waals surface area contributed by atoms with E-state index in [4.69, 9.17) is 5.73 Å². The molecule has 0 saturated heterocycles. The van der Waals surface area contributed by atoms with Crippen LogP contribution in [0.3, 0.4) is 0 Å². The Morgan fingerprint density at radius 3 is 2.48 bits per heavy atom. The zero-order valence-electron chi connectivity index (χ0n) is 13.6. The first-order valence-electron chi connectivity index (χ1n) is 8.13. The van der Waals surface area contributed by atoms with Crippen molar-refractivity contribution >= 4 is 5.91 Å². The third-order valence-corrected chi connectivity index (χ3v) is 4.59. The molecule has 0 saturated carbocycles. The molecule has 0 aromatic heterocycles. The van der Waals surface area contributed by atoms with Crippen molar-refractivity contribution in [3.8, 4) is 0 Å². The predicted octanol–water partition coefficient (Wildman–Crippen LogP) is 3.33. The Kier molecular flexibility index (Phi) is 4.81. The highest BCUT2D eigenvalue weighted by Crippen LogP contribution is 2.32. The number of carbonyl (C=O) groups excluding carboxylic acids is 1. The van der Waals surface area contributed by atoms with Gasteiger partial charge in [-0.15, -0.1) is 0 Å². The third kappa shape index (κ3) is 3.69. The fraction of sp³-hybridized carbons (Fsp3) is 0.316. The minimum absolute atomic E-state index is 0.0840. The Morgan fingerprint density at radius 2 is 1.84 bits per heavy atom. The molecule has 0 fully saturated rings. The molecule has 1 amide bonds. The lowest BCUT2D eigenvalue weighted by atomic mass is 9.93. The second kappa shape index (κ2) is 6.88. The molecule has 1 aliphatic rings. The average molecular weight is 348 g/mol. The predicted molar refractivity (Wildman–Crippen MR) is 88.8 cm³/mol. The summed E-state index contributed by atoms with van der Waals surface area (Å²) < 4.78 is 38.5. The Morgan fingerprint density at radius 1 is 1.12 bits per heavy atom. The van der Waals surface area contributed by atoms with Crippen molar-refractivity contribution in [2.75, 3.05) is 13.1 Å². The normalized spacial score (nSPS) is 15.6. The summed E-state index contributed by atoms with van der Waals surface area (Å²) in [7, 11) is 0. The summed E-state index contributed by atoms with van der Waals surface area (Å²) >= 11 is 0. The van der Waals surface area contributed by atoms with Gasteiger partial charge in [0.1, 0.15) is 0 Å². The van der Waals surface area contributed by atoms with Crippen molar-refractivity contribution in [2.45, 2.75) is 25.1 Å². The van der Waals surface area contributed by atoms with E-state index < -0.39 is 17.7 Å². The van der Waals surface area contributed by atoms with Gasteiger partial charge in [0, 0.05) is 19.6 Å². The highest BCUT2D eigenvalue weighted by molar-refractivity contribution is 5.84. The number of carbonyl (C=O) groups is 1. The van der Waals surface area contributed by atoms with Crippen LogP contribution in [-0.2, 0) is 23.9 Å². The van der Waals surface area contributed by atoms with Gasteiger partial charge >= 0.3 is 6.18 Å². The Balaban J connectivity index is 1.79. The highest BCUT2D eigenvalue weighted by Gasteiger charge is 2.33. The van der Waals surface area contributed by atoms with Crippen LogP contribution in [0.1, 0.15) is 28.2 Å². The number of amides is 1. The fourth-order valence-electron chi connectivity index (χ4n) is 3.20. The SMILES string of the molecule is NCC(C(=O)N1CCc2cc(C(F)(F)F)ccc2C1)c1ccccc1. The summed E-state index contributed by atoms with van der Waals surface area (Å²) in [5.41, 5.74) is 7.43. The molecule has 3 nitrogen and oxygen atoms in total. The van der Waals surface area contributed by atoms with Crippen LogP contribution in [0.5, 0.6) is 0 Å². The van der Waals surface area contributed by atoms with Gasteiger partial charge in [0.2, 0.25) is 5.91 Å². The lowest BCUT2D eigenvalue weighted by Gasteiger charge is -2.32. The van der Waals surface area contributed by atoms with Gasteiger partial charge in [0.25, 0.3) is 0 Å². The van der Waals surface area contributed by atoms with E-state index in [-0.39, 0.29) is 12.5 Å². The van der Waals surface area contributed by atoms with E-state index in [0.717, 1.165) is 17.2 Å². The van der Waals surface area contributed by atoms with Gasteiger partial charge in [-0.3, -0.25) is 4.79 Å². The van der Waals surface area contributed by atoms with E-state index in [1.807, 2.05) is 30.3 Å². The molecule has 0 aliphatic carbocycles. The minimum Gasteiger partial charge on any atom is -0.337 e. The zero-order valence-corrected chi connectivity index (χ0v) is 13.6. The van der Waals surface area contributed by atoms with Crippen molar-refractivity contribution in [2.24, 2.45) is 5.73 Å². The lowest BCUT2D eigenvalue weighted by Crippen LogP contribution is -2.41. The molecule has 3 rings (SSSR count). The van der Waals surface area contributed by atoms with E-state index in [1.54, 1.807) is 4.90 Å². The number of halogens is 3. The molecule has 132 valence electrons.